The maximum absolute atomic E-state index is 10.00. The van der Waals surface area contributed by atoms with Crippen LogP contribution in [0.2, 0.25) is 0 Å². The van der Waals surface area contributed by atoms with Crippen LogP contribution in [0.15, 0.2) is 67.5 Å². The number of nitrogens with one attached hydrogen (secondary N) is 2. The zero-order chi connectivity index (χ0) is 43.5. The fourth-order valence-corrected chi connectivity index (χ4v) is 10.4. The van der Waals surface area contributed by atoms with Crippen LogP contribution in [0.1, 0.15) is 131 Å². The van der Waals surface area contributed by atoms with E-state index in [1.54, 1.807) is 0 Å². The molecule has 6 aromatic rings. The molecule has 4 aromatic heterocycles. The maximum Gasteiger partial charge on any atom is 0.0994 e. The molecule has 10 nitrogen and oxygen atoms in total. The summed E-state index contributed by atoms with van der Waals surface area (Å²) >= 11 is 0. The van der Waals surface area contributed by atoms with Crippen molar-refractivity contribution in [1.29, 1.82) is 10.5 Å². The minimum absolute atomic E-state index is 0.0648. The first kappa shape index (κ1) is 41.4. The van der Waals surface area contributed by atoms with Gasteiger partial charge in [-0.05, 0) is 147 Å². The van der Waals surface area contributed by atoms with E-state index in [2.05, 4.69) is 106 Å². The van der Waals surface area contributed by atoms with E-state index < -0.39 is 0 Å². The molecular weight excluding hydrogens is 769 g/mol. The highest BCUT2D eigenvalue weighted by atomic mass is 16.3. The number of hydrogen-bond donors (Lipinski definition) is 4. The second-order valence-corrected chi connectivity index (χ2v) is 19.5. The molecule has 0 bridgehead atoms. The number of aryl methyl sites for hydroxylation is 2. The minimum atomic E-state index is -0.186. The van der Waals surface area contributed by atoms with Crippen LogP contribution in [0.5, 0.6) is 0 Å². The standard InChI is InChI=1S/C26H30N4O.C26H28N4O/c2*1-16-10-25-21(11-17(16)12-27)23(15-30(25)18-4-6-19(31)7-5-18)22-13-28-14-24-20(22)8-9-26(2,3)29-24/h10-11,13-15,18-19,29,31H,4-9H2,1-3H3;8-11,13-15,18-19,29,31H,4-7H2,1-3H3. The van der Waals surface area contributed by atoms with Gasteiger partial charge in [0.25, 0.3) is 0 Å². The van der Waals surface area contributed by atoms with Gasteiger partial charge in [-0.2, -0.15) is 10.5 Å². The van der Waals surface area contributed by atoms with Crippen molar-refractivity contribution in [3.8, 4) is 34.4 Å². The number of benzene rings is 2. The molecule has 0 amide bonds. The predicted octanol–water partition coefficient (Wildman–Crippen LogP) is 11.1. The molecule has 0 unspecified atom stereocenters. The molecule has 0 saturated heterocycles. The fraction of sp³-hybridized carbons (Fsp3) is 0.423. The molecule has 6 heterocycles. The van der Waals surface area contributed by atoms with Crippen LogP contribution in [0.4, 0.5) is 11.4 Å². The molecule has 4 N–H and O–H groups in total. The van der Waals surface area contributed by atoms with E-state index in [0.29, 0.717) is 17.6 Å². The van der Waals surface area contributed by atoms with E-state index in [4.69, 9.17) is 0 Å². The second kappa shape index (κ2) is 16.1. The third-order valence-electron chi connectivity index (χ3n) is 13.9. The third kappa shape index (κ3) is 7.76. The number of aromatic nitrogens is 4. The number of hydrogen-bond acceptors (Lipinski definition) is 8. The Hall–Kier alpha value is -5.94. The molecule has 2 aliphatic carbocycles. The van der Waals surface area contributed by atoms with Gasteiger partial charge in [0.2, 0.25) is 0 Å². The van der Waals surface area contributed by atoms with Crippen LogP contribution in [-0.2, 0) is 6.42 Å². The van der Waals surface area contributed by atoms with Crippen molar-refractivity contribution in [2.75, 3.05) is 10.6 Å². The number of aliphatic hydroxyl groups is 2. The van der Waals surface area contributed by atoms with Gasteiger partial charge in [-0.15, -0.1) is 0 Å². The molecule has 0 atom stereocenters. The smallest absolute Gasteiger partial charge is 0.0994 e. The summed E-state index contributed by atoms with van der Waals surface area (Å²) in [6.45, 7) is 12.8. The third-order valence-corrected chi connectivity index (χ3v) is 13.9. The van der Waals surface area contributed by atoms with Gasteiger partial charge < -0.3 is 30.0 Å². The summed E-state index contributed by atoms with van der Waals surface area (Å²) in [5.74, 6) is 0. The van der Waals surface area contributed by atoms with Crippen molar-refractivity contribution in [2.45, 2.75) is 141 Å². The van der Waals surface area contributed by atoms with Gasteiger partial charge in [0.05, 0.1) is 64.8 Å². The largest absolute Gasteiger partial charge is 0.393 e. The topological polar surface area (TPSA) is 148 Å². The van der Waals surface area contributed by atoms with Crippen molar-refractivity contribution < 1.29 is 10.2 Å². The monoisotopic (exact) mass is 826 g/mol. The highest BCUT2D eigenvalue weighted by Crippen LogP contribution is 2.44. The summed E-state index contributed by atoms with van der Waals surface area (Å²) in [6, 6.07) is 13.8. The van der Waals surface area contributed by atoms with Crippen LogP contribution in [0.3, 0.4) is 0 Å². The minimum Gasteiger partial charge on any atom is -0.393 e. The van der Waals surface area contributed by atoms with Crippen LogP contribution in [0, 0.1) is 36.5 Å². The second-order valence-electron chi connectivity index (χ2n) is 19.5. The van der Waals surface area contributed by atoms with E-state index in [-0.39, 0.29) is 23.3 Å². The lowest BCUT2D eigenvalue weighted by Crippen LogP contribution is -2.35. The lowest BCUT2D eigenvalue weighted by atomic mass is 9.86. The molecule has 10 rings (SSSR count). The lowest BCUT2D eigenvalue weighted by molar-refractivity contribution is 0.111. The van der Waals surface area contributed by atoms with Crippen LogP contribution in [0.25, 0.3) is 50.1 Å². The Labute approximate surface area is 364 Å². The molecular formula is C52H58N8O2. The first-order valence-electron chi connectivity index (χ1n) is 22.4. The Bertz CT molecular complexity index is 2810. The molecule has 62 heavy (non-hydrogen) atoms. The summed E-state index contributed by atoms with van der Waals surface area (Å²) in [5.41, 5.74) is 14.8. The van der Waals surface area contributed by atoms with Crippen LogP contribution < -0.4 is 10.6 Å². The summed E-state index contributed by atoms with van der Waals surface area (Å²) < 4.78 is 4.76. The fourth-order valence-electron chi connectivity index (χ4n) is 10.4. The van der Waals surface area contributed by atoms with E-state index >= 15 is 0 Å². The van der Waals surface area contributed by atoms with Crippen molar-refractivity contribution in [3.63, 3.8) is 0 Å². The maximum atomic E-state index is 10.00. The molecule has 10 heteroatoms. The lowest BCUT2D eigenvalue weighted by Gasteiger charge is -2.34. The van der Waals surface area contributed by atoms with Crippen LogP contribution in [-0.4, -0.2) is 52.6 Å². The molecule has 4 aliphatic rings. The van der Waals surface area contributed by atoms with Crippen LogP contribution >= 0.6 is 0 Å². The average molecular weight is 827 g/mol. The molecule has 2 fully saturated rings. The van der Waals surface area contributed by atoms with E-state index in [1.807, 2.05) is 50.8 Å². The SMILES string of the molecule is Cc1cc2c(cc1C#N)c(-c1cncc3c1C=CC(C)(C)N3)cn2C1CCC(O)CC1.Cc1cc2c(cc1C#N)c(-c1cncc3c1CCC(C)(C)N3)cn2C1CCC(O)CC1. The Kier molecular flexibility index (Phi) is 10.7. The quantitative estimate of drug-likeness (QED) is 0.137. The average Bonchev–Trinajstić information content (AvgIpc) is 3.80. The number of anilines is 2. The normalized spacial score (nSPS) is 22.3. The molecule has 2 aliphatic heterocycles. The summed E-state index contributed by atoms with van der Waals surface area (Å²) in [5, 5.41) is 48.7. The molecule has 2 aromatic carbocycles. The number of nitriles is 2. The van der Waals surface area contributed by atoms with Gasteiger partial charge in [-0.25, -0.2) is 0 Å². The van der Waals surface area contributed by atoms with E-state index in [1.165, 1.54) is 11.1 Å². The van der Waals surface area contributed by atoms with E-state index in [9.17, 15) is 20.7 Å². The van der Waals surface area contributed by atoms with Gasteiger partial charge in [-0.3, -0.25) is 9.97 Å². The molecule has 0 spiro atoms. The van der Waals surface area contributed by atoms with Gasteiger partial charge in [0, 0.05) is 92.0 Å². The van der Waals surface area contributed by atoms with Gasteiger partial charge >= 0.3 is 0 Å². The summed E-state index contributed by atoms with van der Waals surface area (Å²) in [6.07, 6.45) is 25.5. The van der Waals surface area contributed by atoms with Gasteiger partial charge in [0.15, 0.2) is 0 Å². The number of aliphatic hydroxyl groups excluding tert-OH is 2. The first-order chi connectivity index (χ1) is 29.7. The highest BCUT2D eigenvalue weighted by molar-refractivity contribution is 6.01. The molecule has 2 saturated carbocycles. The Balaban J connectivity index is 0.000000158. The van der Waals surface area contributed by atoms with Crippen molar-refractivity contribution in [1.82, 2.24) is 19.1 Å². The van der Waals surface area contributed by atoms with Crippen molar-refractivity contribution >= 4 is 39.3 Å². The molecule has 318 valence electrons. The van der Waals surface area contributed by atoms with Crippen molar-refractivity contribution in [3.05, 3.63) is 101 Å². The highest BCUT2D eigenvalue weighted by Gasteiger charge is 2.30. The Morgan fingerprint density at radius 3 is 1.68 bits per heavy atom. The van der Waals surface area contributed by atoms with Gasteiger partial charge in [-0.1, -0.05) is 12.2 Å². The number of fused-ring (bicyclic) bond motifs is 4. The summed E-state index contributed by atoms with van der Waals surface area (Å²) in [4.78, 5) is 9.10. The predicted molar refractivity (Wildman–Crippen MR) is 249 cm³/mol. The van der Waals surface area contributed by atoms with Crippen molar-refractivity contribution in [2.24, 2.45) is 0 Å². The Morgan fingerprint density at radius 1 is 0.645 bits per heavy atom. The number of pyridine rings is 2. The van der Waals surface area contributed by atoms with Gasteiger partial charge in [0.1, 0.15) is 0 Å². The number of rotatable bonds is 4. The molecule has 0 radical (unpaired) electrons. The summed E-state index contributed by atoms with van der Waals surface area (Å²) in [7, 11) is 0. The first-order valence-corrected chi connectivity index (χ1v) is 22.4. The zero-order valence-electron chi connectivity index (χ0n) is 36.9. The zero-order valence-corrected chi connectivity index (χ0v) is 36.9. The van der Waals surface area contributed by atoms with E-state index in [0.717, 1.165) is 136 Å². The number of nitrogens with zero attached hydrogens (tertiary/aromatic N) is 6. The Morgan fingerprint density at radius 2 is 1.15 bits per heavy atom.